The van der Waals surface area contributed by atoms with Crippen LogP contribution in [0.4, 0.5) is 5.82 Å². The first-order chi connectivity index (χ1) is 9.27. The van der Waals surface area contributed by atoms with E-state index in [2.05, 4.69) is 11.6 Å². The zero-order chi connectivity index (χ0) is 13.2. The minimum Gasteiger partial charge on any atom is -0.384 e. The Bertz CT molecular complexity index is 390. The van der Waals surface area contributed by atoms with Crippen LogP contribution in [0, 0.1) is 0 Å². The van der Waals surface area contributed by atoms with Crippen LogP contribution in [-0.2, 0) is 11.8 Å². The molecule has 0 unspecified atom stereocenters. The van der Waals surface area contributed by atoms with Crippen LogP contribution in [0.1, 0.15) is 68.3 Å². The number of nitrogens with zero attached hydrogens (tertiary/aromatic N) is 2. The highest BCUT2D eigenvalue weighted by Gasteiger charge is 2.27. The summed E-state index contributed by atoms with van der Waals surface area (Å²) < 4.78 is 7.58. The van der Waals surface area contributed by atoms with E-state index < -0.39 is 0 Å². The largest absolute Gasteiger partial charge is 0.384 e. The maximum Gasteiger partial charge on any atom is 0.126 e. The average Bonchev–Trinajstić information content (AvgIpc) is 2.77. The van der Waals surface area contributed by atoms with Crippen molar-refractivity contribution in [3.63, 3.8) is 0 Å². The summed E-state index contributed by atoms with van der Waals surface area (Å²) >= 11 is 0. The number of aromatic nitrogens is 2. The number of nitrogen functional groups attached to an aromatic ring is 1. The second-order valence-electron chi connectivity index (χ2n) is 6.02. The first-order valence-electron chi connectivity index (χ1n) is 7.67. The van der Waals surface area contributed by atoms with E-state index in [0.29, 0.717) is 11.8 Å². The van der Waals surface area contributed by atoms with E-state index in [1.165, 1.54) is 37.9 Å². The molecule has 0 atom stereocenters. The van der Waals surface area contributed by atoms with Gasteiger partial charge in [0.05, 0.1) is 5.69 Å². The van der Waals surface area contributed by atoms with Gasteiger partial charge in [-0.1, -0.05) is 19.3 Å². The minimum atomic E-state index is 0.497. The summed E-state index contributed by atoms with van der Waals surface area (Å²) in [5, 5.41) is 0. The molecule has 0 spiro atoms. The molecule has 0 bridgehead atoms. The predicted molar refractivity (Wildman–Crippen MR) is 76.2 cm³/mol. The fourth-order valence-corrected chi connectivity index (χ4v) is 3.55. The lowest BCUT2D eigenvalue weighted by molar-refractivity contribution is 0.0847. The highest BCUT2D eigenvalue weighted by atomic mass is 16.5. The zero-order valence-corrected chi connectivity index (χ0v) is 11.9. The maximum absolute atomic E-state index is 6.30. The molecule has 4 nitrogen and oxygen atoms in total. The summed E-state index contributed by atoms with van der Waals surface area (Å²) in [6.45, 7) is 1.69. The topological polar surface area (TPSA) is 53.1 Å². The first kappa shape index (κ1) is 13.0. The molecule has 3 rings (SSSR count). The third-order valence-corrected chi connectivity index (χ3v) is 4.78. The summed E-state index contributed by atoms with van der Waals surface area (Å²) in [6, 6.07) is 0. The molecule has 0 radical (unpaired) electrons. The van der Waals surface area contributed by atoms with Crippen molar-refractivity contribution in [3.8, 4) is 0 Å². The molecule has 19 heavy (non-hydrogen) atoms. The van der Waals surface area contributed by atoms with Crippen LogP contribution in [0.15, 0.2) is 0 Å². The summed E-state index contributed by atoms with van der Waals surface area (Å²) in [5.74, 6) is 3.22. The number of hydrogen-bond acceptors (Lipinski definition) is 3. The SMILES string of the molecule is Cn1c(C2CCCCC2)nc(C2CCOCC2)c1N. The Labute approximate surface area is 115 Å². The number of anilines is 1. The maximum atomic E-state index is 6.30. The fraction of sp³-hybridized carbons (Fsp3) is 0.800. The Morgan fingerprint density at radius 2 is 1.74 bits per heavy atom. The van der Waals surface area contributed by atoms with Crippen LogP contribution >= 0.6 is 0 Å². The number of ether oxygens (including phenoxy) is 1. The lowest BCUT2D eigenvalue weighted by atomic mass is 9.88. The zero-order valence-electron chi connectivity index (χ0n) is 11.9. The van der Waals surface area contributed by atoms with E-state index in [-0.39, 0.29) is 0 Å². The average molecular weight is 263 g/mol. The van der Waals surface area contributed by atoms with Gasteiger partial charge < -0.3 is 15.0 Å². The van der Waals surface area contributed by atoms with E-state index >= 15 is 0 Å². The van der Waals surface area contributed by atoms with Crippen molar-refractivity contribution in [2.45, 2.75) is 56.8 Å². The van der Waals surface area contributed by atoms with Crippen molar-refractivity contribution in [1.82, 2.24) is 9.55 Å². The van der Waals surface area contributed by atoms with Gasteiger partial charge in [0.1, 0.15) is 11.6 Å². The number of imidazole rings is 1. The molecular formula is C15H25N3O. The van der Waals surface area contributed by atoms with Gasteiger partial charge in [0, 0.05) is 32.1 Å². The van der Waals surface area contributed by atoms with Crippen LogP contribution in [0.5, 0.6) is 0 Å². The third kappa shape index (κ3) is 2.50. The lowest BCUT2D eigenvalue weighted by Crippen LogP contribution is -2.15. The second-order valence-corrected chi connectivity index (χ2v) is 6.02. The highest BCUT2D eigenvalue weighted by molar-refractivity contribution is 5.41. The van der Waals surface area contributed by atoms with E-state index in [1.54, 1.807) is 0 Å². The Morgan fingerprint density at radius 1 is 1.05 bits per heavy atom. The monoisotopic (exact) mass is 263 g/mol. The Kier molecular flexibility index (Phi) is 3.78. The van der Waals surface area contributed by atoms with Crippen molar-refractivity contribution < 1.29 is 4.74 Å². The van der Waals surface area contributed by atoms with E-state index in [0.717, 1.165) is 37.6 Å². The first-order valence-corrected chi connectivity index (χ1v) is 7.67. The Morgan fingerprint density at radius 3 is 2.42 bits per heavy atom. The molecule has 1 aliphatic carbocycles. The molecule has 1 aromatic heterocycles. The molecule has 2 N–H and O–H groups in total. The summed E-state index contributed by atoms with van der Waals surface area (Å²) in [7, 11) is 2.08. The van der Waals surface area contributed by atoms with Gasteiger partial charge in [-0.05, 0) is 25.7 Å². The summed E-state index contributed by atoms with van der Waals surface area (Å²) in [4.78, 5) is 4.94. The summed E-state index contributed by atoms with van der Waals surface area (Å²) in [5.41, 5.74) is 7.43. The van der Waals surface area contributed by atoms with Gasteiger partial charge in [-0.15, -0.1) is 0 Å². The highest BCUT2D eigenvalue weighted by Crippen LogP contribution is 2.36. The third-order valence-electron chi connectivity index (χ3n) is 4.78. The van der Waals surface area contributed by atoms with Crippen molar-refractivity contribution in [2.24, 2.45) is 7.05 Å². The van der Waals surface area contributed by atoms with E-state index in [9.17, 15) is 0 Å². The van der Waals surface area contributed by atoms with Gasteiger partial charge in [0.2, 0.25) is 0 Å². The molecule has 1 aromatic rings. The smallest absolute Gasteiger partial charge is 0.126 e. The molecule has 1 saturated heterocycles. The van der Waals surface area contributed by atoms with Crippen LogP contribution in [0.3, 0.4) is 0 Å². The molecule has 1 aliphatic heterocycles. The van der Waals surface area contributed by atoms with Crippen LogP contribution < -0.4 is 5.73 Å². The fourth-order valence-electron chi connectivity index (χ4n) is 3.55. The normalized spacial score (nSPS) is 22.8. The molecule has 2 fully saturated rings. The van der Waals surface area contributed by atoms with Gasteiger partial charge in [-0.25, -0.2) is 4.98 Å². The molecule has 4 heteroatoms. The molecule has 0 aromatic carbocycles. The standard InChI is InChI=1S/C15H25N3O/c1-18-14(16)13(11-7-9-19-10-8-11)17-15(18)12-5-3-2-4-6-12/h11-12H,2-10,16H2,1H3. The van der Waals surface area contributed by atoms with Crippen molar-refractivity contribution in [1.29, 1.82) is 0 Å². The quantitative estimate of drug-likeness (QED) is 0.892. The summed E-state index contributed by atoms with van der Waals surface area (Å²) in [6.07, 6.45) is 8.73. The van der Waals surface area contributed by atoms with Crippen LogP contribution in [0.2, 0.25) is 0 Å². The molecule has 0 amide bonds. The van der Waals surface area contributed by atoms with Crippen molar-refractivity contribution in [2.75, 3.05) is 18.9 Å². The van der Waals surface area contributed by atoms with Crippen LogP contribution in [0.25, 0.3) is 0 Å². The molecule has 2 heterocycles. The second kappa shape index (κ2) is 5.53. The van der Waals surface area contributed by atoms with Gasteiger partial charge in [-0.2, -0.15) is 0 Å². The number of hydrogen-bond donors (Lipinski definition) is 1. The molecular weight excluding hydrogens is 238 g/mol. The predicted octanol–water partition coefficient (Wildman–Crippen LogP) is 2.94. The molecule has 2 aliphatic rings. The van der Waals surface area contributed by atoms with Gasteiger partial charge in [-0.3, -0.25) is 0 Å². The van der Waals surface area contributed by atoms with Crippen molar-refractivity contribution >= 4 is 5.82 Å². The van der Waals surface area contributed by atoms with Crippen molar-refractivity contribution in [3.05, 3.63) is 11.5 Å². The lowest BCUT2D eigenvalue weighted by Gasteiger charge is -2.21. The molecule has 1 saturated carbocycles. The van der Waals surface area contributed by atoms with E-state index in [1.807, 2.05) is 0 Å². The van der Waals surface area contributed by atoms with E-state index in [4.69, 9.17) is 15.5 Å². The van der Waals surface area contributed by atoms with Gasteiger partial charge >= 0.3 is 0 Å². The number of nitrogens with two attached hydrogens (primary N) is 1. The Hall–Kier alpha value is -1.03. The minimum absolute atomic E-state index is 0.497. The van der Waals surface area contributed by atoms with Gasteiger partial charge in [0.25, 0.3) is 0 Å². The number of rotatable bonds is 2. The molecule has 106 valence electrons. The Balaban J connectivity index is 1.85. The van der Waals surface area contributed by atoms with Crippen LogP contribution in [-0.4, -0.2) is 22.8 Å². The van der Waals surface area contributed by atoms with Gasteiger partial charge in [0.15, 0.2) is 0 Å².